The smallest absolute Gasteiger partial charge is 0.338 e. The minimum atomic E-state index is -1.27. The zero-order valence-corrected chi connectivity index (χ0v) is 10.7. The summed E-state index contributed by atoms with van der Waals surface area (Å²) in [5, 5.41) is 8.77. The molecule has 0 saturated carbocycles. The quantitative estimate of drug-likeness (QED) is 0.921. The monoisotopic (exact) mass is 263 g/mol. The molecule has 19 heavy (non-hydrogen) atoms. The lowest BCUT2D eigenvalue weighted by Crippen LogP contribution is -2.17. The summed E-state index contributed by atoms with van der Waals surface area (Å²) >= 11 is 0. The van der Waals surface area contributed by atoms with Crippen LogP contribution in [0.5, 0.6) is 0 Å². The first-order chi connectivity index (χ1) is 8.99. The number of carboxylic acid groups (broad SMARTS) is 1. The minimum absolute atomic E-state index is 0.323. The van der Waals surface area contributed by atoms with E-state index in [0.717, 1.165) is 11.3 Å². The normalized spacial score (nSPS) is 10.5. The van der Waals surface area contributed by atoms with Gasteiger partial charge in [-0.05, 0) is 31.2 Å². The minimum Gasteiger partial charge on any atom is -0.478 e. The second-order valence-corrected chi connectivity index (χ2v) is 4.33. The molecule has 0 amide bonds. The second kappa shape index (κ2) is 5.14. The number of hydrogen-bond acceptors (Lipinski definition) is 3. The van der Waals surface area contributed by atoms with E-state index >= 15 is 0 Å². The predicted molar refractivity (Wildman–Crippen MR) is 68.9 cm³/mol. The van der Waals surface area contributed by atoms with Crippen molar-refractivity contribution in [3.63, 3.8) is 0 Å². The predicted octanol–water partition coefficient (Wildman–Crippen LogP) is 3.06. The molecule has 0 fully saturated rings. The van der Waals surface area contributed by atoms with Crippen LogP contribution in [0.25, 0.3) is 0 Å². The number of rotatable bonds is 4. The molecule has 1 N–H and O–H groups in total. The Morgan fingerprint density at radius 2 is 2.16 bits per heavy atom. The van der Waals surface area contributed by atoms with Gasteiger partial charge in [0.05, 0.1) is 11.8 Å². The average Bonchev–Trinajstić information content (AvgIpc) is 2.74. The summed E-state index contributed by atoms with van der Waals surface area (Å²) in [6, 6.07) is 5.93. The molecule has 0 bridgehead atoms. The van der Waals surface area contributed by atoms with E-state index in [1.54, 1.807) is 12.3 Å². The molecule has 1 aromatic heterocycles. The van der Waals surface area contributed by atoms with Gasteiger partial charge < -0.3 is 14.4 Å². The molecule has 0 aliphatic rings. The van der Waals surface area contributed by atoms with Gasteiger partial charge in [-0.3, -0.25) is 0 Å². The number of aromatic carboxylic acids is 1. The van der Waals surface area contributed by atoms with Crippen LogP contribution < -0.4 is 4.90 Å². The van der Waals surface area contributed by atoms with Crippen LogP contribution in [-0.2, 0) is 6.54 Å². The number of aryl methyl sites for hydroxylation is 1. The molecular weight excluding hydrogens is 249 g/mol. The van der Waals surface area contributed by atoms with Crippen LogP contribution >= 0.6 is 0 Å². The van der Waals surface area contributed by atoms with E-state index in [4.69, 9.17) is 9.52 Å². The Hall–Kier alpha value is -2.30. The van der Waals surface area contributed by atoms with Gasteiger partial charge in [-0.2, -0.15) is 0 Å². The third kappa shape index (κ3) is 2.76. The first-order valence-electron chi connectivity index (χ1n) is 5.76. The Bertz CT molecular complexity index is 606. The van der Waals surface area contributed by atoms with Crippen molar-refractivity contribution in [1.82, 2.24) is 0 Å². The molecule has 0 aliphatic heterocycles. The lowest BCUT2D eigenvalue weighted by Gasteiger charge is -2.19. The molecule has 100 valence electrons. The molecule has 1 aromatic carbocycles. The maximum absolute atomic E-state index is 13.6. The summed E-state index contributed by atoms with van der Waals surface area (Å²) in [4.78, 5) is 12.6. The van der Waals surface area contributed by atoms with Gasteiger partial charge in [-0.1, -0.05) is 0 Å². The largest absolute Gasteiger partial charge is 0.478 e. The van der Waals surface area contributed by atoms with Crippen molar-refractivity contribution in [2.45, 2.75) is 13.5 Å². The second-order valence-electron chi connectivity index (χ2n) is 4.33. The maximum Gasteiger partial charge on any atom is 0.338 e. The molecule has 0 radical (unpaired) electrons. The van der Waals surface area contributed by atoms with Gasteiger partial charge in [-0.15, -0.1) is 0 Å². The number of benzene rings is 1. The van der Waals surface area contributed by atoms with Crippen LogP contribution in [0.3, 0.4) is 0 Å². The Labute approximate surface area is 110 Å². The molecule has 5 heteroatoms. The fourth-order valence-electron chi connectivity index (χ4n) is 1.84. The van der Waals surface area contributed by atoms with Crippen LogP contribution in [0, 0.1) is 12.7 Å². The summed E-state index contributed by atoms with van der Waals surface area (Å²) in [6.45, 7) is 2.42. The van der Waals surface area contributed by atoms with Gasteiger partial charge >= 0.3 is 5.97 Å². The molecule has 0 saturated heterocycles. The van der Waals surface area contributed by atoms with Crippen LogP contribution in [0.4, 0.5) is 10.1 Å². The molecule has 1 heterocycles. The van der Waals surface area contributed by atoms with Gasteiger partial charge in [-0.25, -0.2) is 9.18 Å². The molecule has 2 aromatic rings. The lowest BCUT2D eigenvalue weighted by atomic mass is 10.1. The van der Waals surface area contributed by atoms with Gasteiger partial charge in [0.2, 0.25) is 0 Å². The Kier molecular flexibility index (Phi) is 3.55. The Morgan fingerprint density at radius 3 is 2.68 bits per heavy atom. The highest BCUT2D eigenvalue weighted by Gasteiger charge is 2.13. The van der Waals surface area contributed by atoms with Crippen molar-refractivity contribution in [2.75, 3.05) is 11.9 Å². The third-order valence-corrected chi connectivity index (χ3v) is 3.00. The molecule has 0 atom stereocenters. The fourth-order valence-corrected chi connectivity index (χ4v) is 1.84. The Morgan fingerprint density at radius 1 is 1.42 bits per heavy atom. The third-order valence-electron chi connectivity index (χ3n) is 3.00. The highest BCUT2D eigenvalue weighted by molar-refractivity contribution is 5.88. The SMILES string of the molecule is Cc1occc1CN(C)c1ccc(C(=O)O)c(F)c1. The van der Waals surface area contributed by atoms with Gasteiger partial charge in [0.1, 0.15) is 11.6 Å². The number of halogens is 1. The number of hydrogen-bond donors (Lipinski definition) is 1. The highest BCUT2D eigenvalue weighted by Crippen LogP contribution is 2.21. The number of anilines is 1. The van der Waals surface area contributed by atoms with E-state index in [2.05, 4.69) is 0 Å². The van der Waals surface area contributed by atoms with Crippen molar-refractivity contribution in [2.24, 2.45) is 0 Å². The van der Waals surface area contributed by atoms with E-state index in [1.165, 1.54) is 12.1 Å². The van der Waals surface area contributed by atoms with Crippen molar-refractivity contribution in [1.29, 1.82) is 0 Å². The van der Waals surface area contributed by atoms with Gasteiger partial charge in [0.25, 0.3) is 0 Å². The molecule has 4 nitrogen and oxygen atoms in total. The summed E-state index contributed by atoms with van der Waals surface area (Å²) in [7, 11) is 1.81. The zero-order valence-electron chi connectivity index (χ0n) is 10.7. The zero-order chi connectivity index (χ0) is 14.0. The first kappa shape index (κ1) is 13.1. The molecule has 0 spiro atoms. The van der Waals surface area contributed by atoms with Crippen LogP contribution in [0.15, 0.2) is 34.9 Å². The summed E-state index contributed by atoms with van der Waals surface area (Å²) in [5.41, 5.74) is 1.30. The topological polar surface area (TPSA) is 53.7 Å². The summed E-state index contributed by atoms with van der Waals surface area (Å²) in [5.74, 6) is -1.19. The summed E-state index contributed by atoms with van der Waals surface area (Å²) in [6.07, 6.45) is 1.60. The maximum atomic E-state index is 13.6. The van der Waals surface area contributed by atoms with E-state index < -0.39 is 11.8 Å². The number of carbonyl (C=O) groups is 1. The van der Waals surface area contributed by atoms with Gasteiger partial charge in [0, 0.05) is 24.8 Å². The molecule has 2 rings (SSSR count). The number of nitrogens with zero attached hydrogens (tertiary/aromatic N) is 1. The van der Waals surface area contributed by atoms with Crippen LogP contribution in [0.2, 0.25) is 0 Å². The van der Waals surface area contributed by atoms with Crippen molar-refractivity contribution >= 4 is 11.7 Å². The summed E-state index contributed by atoms with van der Waals surface area (Å²) < 4.78 is 18.8. The van der Waals surface area contributed by atoms with Crippen molar-refractivity contribution in [3.05, 3.63) is 53.2 Å². The van der Waals surface area contributed by atoms with E-state index in [1.807, 2.05) is 24.9 Å². The van der Waals surface area contributed by atoms with Crippen molar-refractivity contribution in [3.8, 4) is 0 Å². The molecular formula is C14H14FNO3. The van der Waals surface area contributed by atoms with E-state index in [-0.39, 0.29) is 5.56 Å². The van der Waals surface area contributed by atoms with Crippen LogP contribution in [-0.4, -0.2) is 18.1 Å². The number of carboxylic acids is 1. The van der Waals surface area contributed by atoms with E-state index in [9.17, 15) is 9.18 Å². The fraction of sp³-hybridized carbons (Fsp3) is 0.214. The lowest BCUT2D eigenvalue weighted by molar-refractivity contribution is 0.0692. The average molecular weight is 263 g/mol. The van der Waals surface area contributed by atoms with E-state index in [0.29, 0.717) is 12.2 Å². The van der Waals surface area contributed by atoms with Crippen molar-refractivity contribution < 1.29 is 18.7 Å². The van der Waals surface area contributed by atoms with Gasteiger partial charge in [0.15, 0.2) is 0 Å². The standard InChI is InChI=1S/C14H14FNO3/c1-9-10(5-6-19-9)8-16(2)11-3-4-12(14(17)18)13(15)7-11/h3-7H,8H2,1-2H3,(H,17,18). The molecule has 0 unspecified atom stereocenters. The number of furan rings is 1. The van der Waals surface area contributed by atoms with Crippen LogP contribution in [0.1, 0.15) is 21.7 Å². The first-order valence-corrected chi connectivity index (χ1v) is 5.76. The highest BCUT2D eigenvalue weighted by atomic mass is 19.1. The Balaban J connectivity index is 2.20. The molecule has 0 aliphatic carbocycles.